The fourth-order valence-corrected chi connectivity index (χ4v) is 1.48. The van der Waals surface area contributed by atoms with Crippen LogP contribution in [-0.4, -0.2) is 12.6 Å². The van der Waals surface area contributed by atoms with E-state index in [4.69, 9.17) is 0 Å². The van der Waals surface area contributed by atoms with Crippen molar-refractivity contribution in [1.29, 1.82) is 0 Å². The second kappa shape index (κ2) is 5.03. The zero-order valence-electron chi connectivity index (χ0n) is 9.26. The summed E-state index contributed by atoms with van der Waals surface area (Å²) in [5, 5.41) is 5.69. The molecule has 1 unspecified atom stereocenters. The minimum Gasteiger partial charge on any atom is -0.337 e. The number of hydrogen-bond donors (Lipinski definition) is 2. The van der Waals surface area contributed by atoms with E-state index in [0.717, 1.165) is 25.1 Å². The molecule has 0 bridgehead atoms. The first-order chi connectivity index (χ1) is 6.58. The zero-order valence-corrected chi connectivity index (χ0v) is 9.26. The highest BCUT2D eigenvalue weighted by Crippen LogP contribution is 2.13. The Morgan fingerprint density at radius 2 is 2.29 bits per heavy atom. The summed E-state index contributed by atoms with van der Waals surface area (Å²) in [4.78, 5) is 11.2. The third-order valence-electron chi connectivity index (χ3n) is 2.34. The monoisotopic (exact) mass is 196 g/mol. The van der Waals surface area contributed by atoms with Gasteiger partial charge in [-0.25, -0.2) is 4.79 Å². The van der Waals surface area contributed by atoms with Crippen LogP contribution >= 0.6 is 0 Å². The molecule has 3 nitrogen and oxygen atoms in total. The van der Waals surface area contributed by atoms with E-state index in [-0.39, 0.29) is 6.03 Å². The highest BCUT2D eigenvalue weighted by Gasteiger charge is 2.12. The molecule has 0 saturated heterocycles. The van der Waals surface area contributed by atoms with Crippen LogP contribution in [0.15, 0.2) is 11.8 Å². The minimum atomic E-state index is -0.0654. The van der Waals surface area contributed by atoms with Crippen LogP contribution in [0.5, 0.6) is 0 Å². The maximum Gasteiger partial charge on any atom is 0.318 e. The summed E-state index contributed by atoms with van der Waals surface area (Å²) in [6.07, 6.45) is 4.24. The van der Waals surface area contributed by atoms with E-state index in [0.29, 0.717) is 11.8 Å². The van der Waals surface area contributed by atoms with E-state index in [1.165, 1.54) is 0 Å². The van der Waals surface area contributed by atoms with Crippen molar-refractivity contribution in [3.05, 3.63) is 11.8 Å². The first kappa shape index (κ1) is 11.1. The van der Waals surface area contributed by atoms with Gasteiger partial charge in [-0.3, -0.25) is 0 Å². The molecule has 0 aromatic heterocycles. The summed E-state index contributed by atoms with van der Waals surface area (Å²) in [6, 6.07) is -0.0654. The quantitative estimate of drug-likeness (QED) is 0.714. The topological polar surface area (TPSA) is 41.1 Å². The number of hydrogen-bond acceptors (Lipinski definition) is 1. The van der Waals surface area contributed by atoms with Gasteiger partial charge in [-0.2, -0.15) is 0 Å². The lowest BCUT2D eigenvalue weighted by Gasteiger charge is -2.09. The van der Waals surface area contributed by atoms with Crippen molar-refractivity contribution in [3.8, 4) is 0 Å². The molecule has 0 radical (unpaired) electrons. The first-order valence-corrected chi connectivity index (χ1v) is 5.33. The third kappa shape index (κ3) is 3.81. The summed E-state index contributed by atoms with van der Waals surface area (Å²) in [6.45, 7) is 7.24. The SMILES string of the molecule is CC(C)CCC1=CC(C)CNC(=O)N1. The molecule has 1 aliphatic heterocycles. The Bertz CT molecular complexity index is 233. The van der Waals surface area contributed by atoms with Gasteiger partial charge in [0.1, 0.15) is 0 Å². The lowest BCUT2D eigenvalue weighted by molar-refractivity contribution is 0.243. The molecule has 1 atom stereocenters. The van der Waals surface area contributed by atoms with Crippen LogP contribution in [0.1, 0.15) is 33.6 Å². The molecule has 0 spiro atoms. The van der Waals surface area contributed by atoms with Crippen LogP contribution < -0.4 is 10.6 Å². The molecule has 14 heavy (non-hydrogen) atoms. The maximum atomic E-state index is 11.2. The molecule has 2 N–H and O–H groups in total. The fourth-order valence-electron chi connectivity index (χ4n) is 1.48. The van der Waals surface area contributed by atoms with E-state index in [1.807, 2.05) is 0 Å². The lowest BCUT2D eigenvalue weighted by Crippen LogP contribution is -2.34. The molecule has 0 saturated carbocycles. The number of urea groups is 1. The van der Waals surface area contributed by atoms with Gasteiger partial charge in [-0.1, -0.05) is 26.8 Å². The Morgan fingerprint density at radius 1 is 1.57 bits per heavy atom. The van der Waals surface area contributed by atoms with Crippen molar-refractivity contribution in [2.24, 2.45) is 11.8 Å². The number of carbonyl (C=O) groups excluding carboxylic acids is 1. The van der Waals surface area contributed by atoms with Gasteiger partial charge in [0.05, 0.1) is 0 Å². The van der Waals surface area contributed by atoms with Gasteiger partial charge >= 0.3 is 6.03 Å². The summed E-state index contributed by atoms with van der Waals surface area (Å²) in [7, 11) is 0. The van der Waals surface area contributed by atoms with Gasteiger partial charge in [-0.05, 0) is 24.7 Å². The number of allylic oxidation sites excluding steroid dienone is 1. The molecule has 3 heteroatoms. The summed E-state index contributed by atoms with van der Waals surface area (Å²) in [5.74, 6) is 1.11. The highest BCUT2D eigenvalue weighted by atomic mass is 16.2. The Morgan fingerprint density at radius 3 is 2.93 bits per heavy atom. The van der Waals surface area contributed by atoms with Gasteiger partial charge in [0.2, 0.25) is 0 Å². The van der Waals surface area contributed by atoms with Crippen molar-refractivity contribution in [2.75, 3.05) is 6.54 Å². The molecule has 0 aliphatic carbocycles. The minimum absolute atomic E-state index is 0.0654. The van der Waals surface area contributed by atoms with Crippen LogP contribution in [0.4, 0.5) is 4.79 Å². The number of amides is 2. The highest BCUT2D eigenvalue weighted by molar-refractivity contribution is 5.76. The van der Waals surface area contributed by atoms with Gasteiger partial charge < -0.3 is 10.6 Å². The van der Waals surface area contributed by atoms with Crippen LogP contribution in [0.25, 0.3) is 0 Å². The number of rotatable bonds is 3. The lowest BCUT2D eigenvalue weighted by atomic mass is 10.0. The molecule has 1 heterocycles. The predicted molar refractivity (Wildman–Crippen MR) is 57.9 cm³/mol. The van der Waals surface area contributed by atoms with Crippen LogP contribution in [0, 0.1) is 11.8 Å². The summed E-state index contributed by atoms with van der Waals surface area (Å²) in [5.41, 5.74) is 1.07. The van der Waals surface area contributed by atoms with E-state index in [2.05, 4.69) is 37.5 Å². The van der Waals surface area contributed by atoms with E-state index >= 15 is 0 Å². The van der Waals surface area contributed by atoms with E-state index < -0.39 is 0 Å². The summed E-state index contributed by atoms with van der Waals surface area (Å²) < 4.78 is 0. The molecule has 0 aromatic rings. The Hall–Kier alpha value is -0.990. The smallest absolute Gasteiger partial charge is 0.318 e. The van der Waals surface area contributed by atoms with Crippen molar-refractivity contribution in [2.45, 2.75) is 33.6 Å². The average molecular weight is 196 g/mol. The van der Waals surface area contributed by atoms with Crippen LogP contribution in [-0.2, 0) is 0 Å². The first-order valence-electron chi connectivity index (χ1n) is 5.33. The predicted octanol–water partition coefficient (Wildman–Crippen LogP) is 2.26. The molecule has 2 amide bonds. The fraction of sp³-hybridized carbons (Fsp3) is 0.727. The van der Waals surface area contributed by atoms with Gasteiger partial charge in [0, 0.05) is 12.2 Å². The number of nitrogens with one attached hydrogen (secondary N) is 2. The standard InChI is InChI=1S/C11H20N2O/c1-8(2)4-5-10-6-9(3)7-12-11(14)13-10/h6,8-9H,4-5,7H2,1-3H3,(H2,12,13,14). The third-order valence-corrected chi connectivity index (χ3v) is 2.34. The molecule has 1 aliphatic rings. The van der Waals surface area contributed by atoms with E-state index in [1.54, 1.807) is 0 Å². The second-order valence-electron chi connectivity index (χ2n) is 4.44. The largest absolute Gasteiger partial charge is 0.337 e. The molecular weight excluding hydrogens is 176 g/mol. The zero-order chi connectivity index (χ0) is 10.6. The van der Waals surface area contributed by atoms with Crippen molar-refractivity contribution >= 4 is 6.03 Å². The molecular formula is C11H20N2O. The molecule has 0 aromatic carbocycles. The Kier molecular flexibility index (Phi) is 3.98. The molecule has 1 rings (SSSR count). The maximum absolute atomic E-state index is 11.2. The second-order valence-corrected chi connectivity index (χ2v) is 4.44. The van der Waals surface area contributed by atoms with E-state index in [9.17, 15) is 4.79 Å². The van der Waals surface area contributed by atoms with Gasteiger partial charge in [0.15, 0.2) is 0 Å². The molecule has 0 fully saturated rings. The Labute approximate surface area is 86.0 Å². The van der Waals surface area contributed by atoms with Gasteiger partial charge in [-0.15, -0.1) is 0 Å². The van der Waals surface area contributed by atoms with Crippen molar-refractivity contribution < 1.29 is 4.79 Å². The number of carbonyl (C=O) groups is 1. The van der Waals surface area contributed by atoms with Gasteiger partial charge in [0.25, 0.3) is 0 Å². The van der Waals surface area contributed by atoms with Crippen LogP contribution in [0.2, 0.25) is 0 Å². The molecule has 80 valence electrons. The van der Waals surface area contributed by atoms with Crippen molar-refractivity contribution in [3.63, 3.8) is 0 Å². The van der Waals surface area contributed by atoms with Crippen molar-refractivity contribution in [1.82, 2.24) is 10.6 Å². The summed E-state index contributed by atoms with van der Waals surface area (Å²) >= 11 is 0. The normalized spacial score (nSPS) is 22.4. The van der Waals surface area contributed by atoms with Crippen LogP contribution in [0.3, 0.4) is 0 Å². The Balaban J connectivity index is 2.50. The average Bonchev–Trinajstić information content (AvgIpc) is 2.25.